The second-order valence-electron chi connectivity index (χ2n) is 10.6. The molecular weight excluding hydrogens is 530 g/mol. The zero-order valence-electron chi connectivity index (χ0n) is 24.4. The molecule has 220 valence electrons. The van der Waals surface area contributed by atoms with E-state index in [2.05, 4.69) is 20.9 Å². The number of nitrogens with zero attached hydrogens (tertiary/aromatic N) is 5. The third-order valence-electron chi connectivity index (χ3n) is 7.24. The van der Waals surface area contributed by atoms with Crippen molar-refractivity contribution in [2.45, 2.75) is 46.8 Å². The quantitative estimate of drug-likeness (QED) is 0.394. The van der Waals surface area contributed by atoms with Crippen molar-refractivity contribution in [1.29, 1.82) is 0 Å². The molecule has 1 aromatic carbocycles. The third-order valence-corrected chi connectivity index (χ3v) is 7.24. The molecule has 1 aliphatic rings. The Morgan fingerprint density at radius 3 is 2.59 bits per heavy atom. The van der Waals surface area contributed by atoms with Crippen molar-refractivity contribution < 1.29 is 28.8 Å². The van der Waals surface area contributed by atoms with Gasteiger partial charge in [-0.25, -0.2) is 4.79 Å². The second-order valence-corrected chi connectivity index (χ2v) is 10.6. The van der Waals surface area contributed by atoms with E-state index in [1.54, 1.807) is 71.0 Å². The van der Waals surface area contributed by atoms with Crippen molar-refractivity contribution in [3.8, 4) is 5.75 Å². The van der Waals surface area contributed by atoms with E-state index in [0.717, 1.165) is 0 Å². The molecule has 3 atom stereocenters. The summed E-state index contributed by atoms with van der Waals surface area (Å²) in [5, 5.41) is 23.7. The van der Waals surface area contributed by atoms with Gasteiger partial charge in [-0.2, -0.15) is 5.10 Å². The minimum atomic E-state index is -0.576. The van der Waals surface area contributed by atoms with Crippen LogP contribution in [0.1, 0.15) is 51.8 Å². The number of benzene rings is 1. The van der Waals surface area contributed by atoms with Crippen LogP contribution in [0, 0.1) is 26.7 Å². The highest BCUT2D eigenvalue weighted by Crippen LogP contribution is 2.35. The van der Waals surface area contributed by atoms with Gasteiger partial charge in [0.1, 0.15) is 23.2 Å². The van der Waals surface area contributed by atoms with Gasteiger partial charge in [-0.05, 0) is 45.9 Å². The highest BCUT2D eigenvalue weighted by molar-refractivity contribution is 6.06. The van der Waals surface area contributed by atoms with E-state index in [1.807, 2.05) is 6.92 Å². The Morgan fingerprint density at radius 2 is 1.98 bits per heavy atom. The number of carbonyl (C=O) groups excluding carboxylic acids is 3. The van der Waals surface area contributed by atoms with E-state index >= 15 is 0 Å². The van der Waals surface area contributed by atoms with Crippen molar-refractivity contribution in [2.24, 2.45) is 13.0 Å². The average Bonchev–Trinajstić information content (AvgIpc) is 3.44. The lowest BCUT2D eigenvalue weighted by Gasteiger charge is -2.38. The molecular formula is C28H37N7O6. The summed E-state index contributed by atoms with van der Waals surface area (Å²) in [6.07, 6.45) is -0.576. The summed E-state index contributed by atoms with van der Waals surface area (Å²) in [5.74, 6) is -0.315. The zero-order chi connectivity index (χ0) is 30.0. The van der Waals surface area contributed by atoms with Gasteiger partial charge in [-0.3, -0.25) is 14.3 Å². The number of anilines is 2. The highest BCUT2D eigenvalue weighted by Gasteiger charge is 2.35. The molecule has 0 unspecified atom stereocenters. The summed E-state index contributed by atoms with van der Waals surface area (Å²) in [7, 11) is 3.31. The van der Waals surface area contributed by atoms with Crippen LogP contribution in [0.4, 0.5) is 16.2 Å². The van der Waals surface area contributed by atoms with Crippen molar-refractivity contribution in [3.05, 3.63) is 52.7 Å². The van der Waals surface area contributed by atoms with Gasteiger partial charge >= 0.3 is 6.03 Å². The standard InChI is InChI=1S/C28H37N7O6/c1-15-12-35(17(3)14-36)27(38)20-9-8-10-21(29-26(37)22-11-16(2)31-34(22)7)25(20)40-23(15)13-33(6)28(39)30-24-18(4)32-41-19(24)5/h8-11,15,17,23,36H,12-14H2,1-7H3,(H,29,37)(H,30,39)/t15-,17+,23-/m0/s1. The van der Waals surface area contributed by atoms with Crippen LogP contribution >= 0.6 is 0 Å². The fourth-order valence-corrected chi connectivity index (χ4v) is 4.79. The molecule has 3 N–H and O–H groups in total. The second kappa shape index (κ2) is 12.0. The molecule has 0 aliphatic carbocycles. The van der Waals surface area contributed by atoms with Gasteiger partial charge in [-0.15, -0.1) is 0 Å². The normalized spacial score (nSPS) is 17.7. The number of aliphatic hydroxyl groups excluding tert-OH is 1. The monoisotopic (exact) mass is 567 g/mol. The first-order chi connectivity index (χ1) is 19.4. The molecule has 0 saturated heterocycles. The summed E-state index contributed by atoms with van der Waals surface area (Å²) in [6.45, 7) is 9.14. The van der Waals surface area contributed by atoms with Gasteiger partial charge in [0.05, 0.1) is 36.1 Å². The van der Waals surface area contributed by atoms with Crippen LogP contribution in [0.25, 0.3) is 0 Å². The Hall–Kier alpha value is -4.39. The number of rotatable bonds is 7. The molecule has 0 bridgehead atoms. The summed E-state index contributed by atoms with van der Waals surface area (Å²) in [6, 6.07) is 5.75. The number of hydrogen-bond acceptors (Lipinski definition) is 8. The zero-order valence-corrected chi connectivity index (χ0v) is 24.4. The molecule has 3 heterocycles. The third kappa shape index (κ3) is 6.19. The molecule has 13 heteroatoms. The topological polar surface area (TPSA) is 155 Å². The molecule has 13 nitrogen and oxygen atoms in total. The molecule has 3 aromatic rings. The fraction of sp³-hybridized carbons (Fsp3) is 0.464. The van der Waals surface area contributed by atoms with E-state index in [-0.39, 0.29) is 48.9 Å². The number of nitrogens with one attached hydrogen (secondary N) is 2. The summed E-state index contributed by atoms with van der Waals surface area (Å²) in [5.41, 5.74) is 2.64. The highest BCUT2D eigenvalue weighted by atomic mass is 16.5. The van der Waals surface area contributed by atoms with Crippen LogP contribution in [0.3, 0.4) is 0 Å². The summed E-state index contributed by atoms with van der Waals surface area (Å²) < 4.78 is 13.1. The average molecular weight is 568 g/mol. The minimum absolute atomic E-state index is 0.161. The Labute approximate surface area is 238 Å². The lowest BCUT2D eigenvalue weighted by molar-refractivity contribution is 0.0372. The number of aromatic nitrogens is 3. The number of urea groups is 1. The van der Waals surface area contributed by atoms with E-state index in [0.29, 0.717) is 34.2 Å². The van der Waals surface area contributed by atoms with E-state index in [9.17, 15) is 19.5 Å². The Bertz CT molecular complexity index is 1430. The smallest absolute Gasteiger partial charge is 0.321 e. The lowest BCUT2D eigenvalue weighted by atomic mass is 9.99. The SMILES string of the molecule is Cc1cc(C(=O)Nc2cccc3c2O[C@@H](CN(C)C(=O)Nc2c(C)noc2C)[C@@H](C)CN([C@H](C)CO)C3=O)n(C)n1. The van der Waals surface area contributed by atoms with Gasteiger partial charge in [-0.1, -0.05) is 18.1 Å². The van der Waals surface area contributed by atoms with Gasteiger partial charge in [0, 0.05) is 26.6 Å². The first-order valence-electron chi connectivity index (χ1n) is 13.4. The van der Waals surface area contributed by atoms with Crippen molar-refractivity contribution in [2.75, 3.05) is 37.4 Å². The van der Waals surface area contributed by atoms with Crippen LogP contribution in [0.15, 0.2) is 28.8 Å². The molecule has 4 rings (SSSR count). The first kappa shape index (κ1) is 29.6. The first-order valence-corrected chi connectivity index (χ1v) is 13.4. The molecule has 4 amide bonds. The van der Waals surface area contributed by atoms with Crippen LogP contribution in [-0.2, 0) is 7.05 Å². The molecule has 0 spiro atoms. The predicted octanol–water partition coefficient (Wildman–Crippen LogP) is 2.97. The van der Waals surface area contributed by atoms with E-state index in [4.69, 9.17) is 9.26 Å². The number of aliphatic hydroxyl groups is 1. The van der Waals surface area contributed by atoms with E-state index in [1.165, 1.54) is 9.58 Å². The molecule has 41 heavy (non-hydrogen) atoms. The molecule has 0 radical (unpaired) electrons. The van der Waals surface area contributed by atoms with E-state index < -0.39 is 18.1 Å². The van der Waals surface area contributed by atoms with Crippen LogP contribution < -0.4 is 15.4 Å². The van der Waals surface area contributed by atoms with Crippen molar-refractivity contribution in [3.63, 3.8) is 0 Å². The van der Waals surface area contributed by atoms with Crippen molar-refractivity contribution in [1.82, 2.24) is 24.7 Å². The summed E-state index contributed by atoms with van der Waals surface area (Å²) >= 11 is 0. The number of carbonyl (C=O) groups is 3. The number of hydrogen-bond donors (Lipinski definition) is 3. The number of fused-ring (bicyclic) bond motifs is 1. The Kier molecular flexibility index (Phi) is 8.66. The van der Waals surface area contributed by atoms with Gasteiger partial charge in [0.2, 0.25) is 0 Å². The number of para-hydroxylation sites is 1. The van der Waals surface area contributed by atoms with Crippen LogP contribution in [0.2, 0.25) is 0 Å². The molecule has 0 fully saturated rings. The number of aryl methyl sites for hydroxylation is 4. The maximum Gasteiger partial charge on any atom is 0.321 e. The van der Waals surface area contributed by atoms with Gasteiger partial charge < -0.3 is 34.8 Å². The number of likely N-dealkylation sites (N-methyl/N-ethyl adjacent to an activating group) is 1. The number of amides is 4. The Morgan fingerprint density at radius 1 is 1.24 bits per heavy atom. The van der Waals surface area contributed by atoms with Crippen LogP contribution in [-0.4, -0.2) is 86.6 Å². The molecule has 2 aromatic heterocycles. The minimum Gasteiger partial charge on any atom is -0.485 e. The maximum absolute atomic E-state index is 13.7. The lowest BCUT2D eigenvalue weighted by Crippen LogP contribution is -2.50. The predicted molar refractivity (Wildman–Crippen MR) is 151 cm³/mol. The van der Waals surface area contributed by atoms with Gasteiger partial charge in [0.15, 0.2) is 11.5 Å². The fourth-order valence-electron chi connectivity index (χ4n) is 4.79. The van der Waals surface area contributed by atoms with Crippen molar-refractivity contribution >= 4 is 29.2 Å². The Balaban J connectivity index is 1.67. The molecule has 0 saturated carbocycles. The van der Waals surface area contributed by atoms with Gasteiger partial charge in [0.25, 0.3) is 11.8 Å². The van der Waals surface area contributed by atoms with Crippen LogP contribution in [0.5, 0.6) is 5.75 Å². The largest absolute Gasteiger partial charge is 0.485 e. The maximum atomic E-state index is 13.7. The number of ether oxygens (including phenoxy) is 1. The summed E-state index contributed by atoms with van der Waals surface area (Å²) in [4.78, 5) is 43.0. The molecule has 1 aliphatic heterocycles.